The fourth-order valence-electron chi connectivity index (χ4n) is 1.50. The molecule has 1 heterocycles. The standard InChI is InChI=1S/C11H13N5O/c1-2-9(10-13-15-16-14-10)12-11(17)8-6-4-3-5-7-8/h3-7,9H,2H2,1H3,(H,12,17)(H,13,14,15,16). The number of aromatic nitrogens is 4. The van der Waals surface area contributed by atoms with Crippen LogP contribution in [0.1, 0.15) is 35.6 Å². The van der Waals surface area contributed by atoms with E-state index >= 15 is 0 Å². The molecule has 1 atom stereocenters. The van der Waals surface area contributed by atoms with Gasteiger partial charge in [-0.3, -0.25) is 4.79 Å². The summed E-state index contributed by atoms with van der Waals surface area (Å²) in [6, 6.07) is 8.82. The van der Waals surface area contributed by atoms with Crippen LogP contribution in [0, 0.1) is 0 Å². The Morgan fingerprint density at radius 3 is 2.76 bits per heavy atom. The van der Waals surface area contributed by atoms with Gasteiger partial charge in [-0.25, -0.2) is 0 Å². The maximum Gasteiger partial charge on any atom is 0.251 e. The van der Waals surface area contributed by atoms with Gasteiger partial charge in [-0.15, -0.1) is 10.2 Å². The molecule has 0 aliphatic heterocycles. The van der Waals surface area contributed by atoms with E-state index in [1.165, 1.54) is 0 Å². The minimum Gasteiger partial charge on any atom is -0.342 e. The average Bonchev–Trinajstić information content (AvgIpc) is 2.90. The molecule has 1 unspecified atom stereocenters. The predicted octanol–water partition coefficient (Wildman–Crippen LogP) is 1.08. The quantitative estimate of drug-likeness (QED) is 0.824. The summed E-state index contributed by atoms with van der Waals surface area (Å²) in [6.45, 7) is 1.95. The van der Waals surface area contributed by atoms with E-state index < -0.39 is 0 Å². The second-order valence-electron chi connectivity index (χ2n) is 3.57. The third-order valence-electron chi connectivity index (χ3n) is 2.42. The Hall–Kier alpha value is -2.24. The smallest absolute Gasteiger partial charge is 0.251 e. The van der Waals surface area contributed by atoms with E-state index in [1.807, 2.05) is 25.1 Å². The lowest BCUT2D eigenvalue weighted by Crippen LogP contribution is -2.28. The number of nitrogens with one attached hydrogen (secondary N) is 2. The van der Waals surface area contributed by atoms with E-state index in [-0.39, 0.29) is 11.9 Å². The minimum atomic E-state index is -0.221. The molecule has 0 fully saturated rings. The second kappa shape index (κ2) is 5.20. The Bertz CT molecular complexity index is 468. The van der Waals surface area contributed by atoms with E-state index in [9.17, 15) is 4.79 Å². The first kappa shape index (κ1) is 11.3. The molecule has 0 saturated carbocycles. The molecule has 0 bridgehead atoms. The molecule has 6 heteroatoms. The highest BCUT2D eigenvalue weighted by Gasteiger charge is 2.17. The van der Waals surface area contributed by atoms with Gasteiger partial charge in [-0.1, -0.05) is 30.3 Å². The molecule has 17 heavy (non-hydrogen) atoms. The van der Waals surface area contributed by atoms with Crippen LogP contribution in [0.4, 0.5) is 0 Å². The van der Waals surface area contributed by atoms with Crippen molar-refractivity contribution in [2.45, 2.75) is 19.4 Å². The first-order valence-corrected chi connectivity index (χ1v) is 5.40. The summed E-state index contributed by atoms with van der Waals surface area (Å²) < 4.78 is 0. The molecule has 1 aromatic carbocycles. The van der Waals surface area contributed by atoms with Crippen LogP contribution >= 0.6 is 0 Å². The van der Waals surface area contributed by atoms with Gasteiger partial charge in [-0.05, 0) is 18.6 Å². The number of amides is 1. The third-order valence-corrected chi connectivity index (χ3v) is 2.42. The maximum absolute atomic E-state index is 11.9. The van der Waals surface area contributed by atoms with E-state index in [4.69, 9.17) is 0 Å². The summed E-state index contributed by atoms with van der Waals surface area (Å²) >= 11 is 0. The summed E-state index contributed by atoms with van der Waals surface area (Å²) in [6.07, 6.45) is 0.706. The molecule has 6 nitrogen and oxygen atoms in total. The van der Waals surface area contributed by atoms with Crippen LogP contribution in [0.2, 0.25) is 0 Å². The molecule has 2 N–H and O–H groups in total. The number of hydrogen-bond donors (Lipinski definition) is 2. The number of aromatic amines is 1. The van der Waals surface area contributed by atoms with Crippen LogP contribution in [0.5, 0.6) is 0 Å². The Balaban J connectivity index is 2.08. The monoisotopic (exact) mass is 231 g/mol. The summed E-state index contributed by atoms with van der Waals surface area (Å²) in [4.78, 5) is 11.9. The second-order valence-corrected chi connectivity index (χ2v) is 3.57. The number of carbonyl (C=O) groups excluding carboxylic acids is 1. The summed E-state index contributed by atoms with van der Waals surface area (Å²) in [7, 11) is 0. The highest BCUT2D eigenvalue weighted by molar-refractivity contribution is 5.94. The summed E-state index contributed by atoms with van der Waals surface area (Å²) in [5, 5.41) is 16.5. The number of nitrogens with zero attached hydrogens (tertiary/aromatic N) is 3. The molecule has 88 valence electrons. The highest BCUT2D eigenvalue weighted by atomic mass is 16.1. The first-order chi connectivity index (χ1) is 8.31. The SMILES string of the molecule is CCC(NC(=O)c1ccccc1)c1nn[nH]n1. The Labute approximate surface area is 98.4 Å². The fourth-order valence-corrected chi connectivity index (χ4v) is 1.50. The van der Waals surface area contributed by atoms with Gasteiger partial charge in [0.15, 0.2) is 5.82 Å². The van der Waals surface area contributed by atoms with Crippen LogP contribution in [-0.2, 0) is 0 Å². The van der Waals surface area contributed by atoms with Gasteiger partial charge in [-0.2, -0.15) is 5.21 Å². The molecule has 0 aliphatic rings. The lowest BCUT2D eigenvalue weighted by Gasteiger charge is -2.12. The van der Waals surface area contributed by atoms with Crippen molar-refractivity contribution in [3.63, 3.8) is 0 Å². The number of rotatable bonds is 4. The Morgan fingerprint density at radius 1 is 1.41 bits per heavy atom. The zero-order valence-electron chi connectivity index (χ0n) is 9.42. The van der Waals surface area contributed by atoms with Crippen molar-refractivity contribution in [2.24, 2.45) is 0 Å². The summed E-state index contributed by atoms with van der Waals surface area (Å²) in [5.41, 5.74) is 0.620. The highest BCUT2D eigenvalue weighted by Crippen LogP contribution is 2.11. The number of H-pyrrole nitrogens is 1. The van der Waals surface area contributed by atoms with Crippen molar-refractivity contribution in [1.29, 1.82) is 0 Å². The molecule has 2 aromatic rings. The van der Waals surface area contributed by atoms with Gasteiger partial charge in [0, 0.05) is 5.56 Å². The molecule has 1 amide bonds. The van der Waals surface area contributed by atoms with Gasteiger partial charge in [0.1, 0.15) is 0 Å². The zero-order chi connectivity index (χ0) is 12.1. The molecule has 0 radical (unpaired) electrons. The lowest BCUT2D eigenvalue weighted by atomic mass is 10.1. The van der Waals surface area contributed by atoms with Crippen LogP contribution in [0.15, 0.2) is 30.3 Å². The van der Waals surface area contributed by atoms with Crippen molar-refractivity contribution in [1.82, 2.24) is 25.9 Å². The van der Waals surface area contributed by atoms with Crippen LogP contribution < -0.4 is 5.32 Å². The minimum absolute atomic E-state index is 0.137. The van der Waals surface area contributed by atoms with Gasteiger partial charge in [0.2, 0.25) is 0 Å². The molecule has 0 spiro atoms. The number of tetrazole rings is 1. The van der Waals surface area contributed by atoms with Crippen LogP contribution in [-0.4, -0.2) is 26.5 Å². The fraction of sp³-hybridized carbons (Fsp3) is 0.273. The van der Waals surface area contributed by atoms with Gasteiger partial charge in [0.25, 0.3) is 5.91 Å². The Kier molecular flexibility index (Phi) is 3.44. The van der Waals surface area contributed by atoms with E-state index in [0.717, 1.165) is 0 Å². The van der Waals surface area contributed by atoms with E-state index in [2.05, 4.69) is 25.9 Å². The maximum atomic E-state index is 11.9. The largest absolute Gasteiger partial charge is 0.342 e. The van der Waals surface area contributed by atoms with Crippen LogP contribution in [0.3, 0.4) is 0 Å². The first-order valence-electron chi connectivity index (χ1n) is 5.40. The predicted molar refractivity (Wildman–Crippen MR) is 61.1 cm³/mol. The van der Waals surface area contributed by atoms with Gasteiger partial charge < -0.3 is 5.32 Å². The van der Waals surface area contributed by atoms with Crippen molar-refractivity contribution >= 4 is 5.91 Å². The normalized spacial score (nSPS) is 12.1. The molecular formula is C11H13N5O. The van der Waals surface area contributed by atoms with Gasteiger partial charge >= 0.3 is 0 Å². The summed E-state index contributed by atoms with van der Waals surface area (Å²) in [5.74, 6) is 0.360. The van der Waals surface area contributed by atoms with Crippen molar-refractivity contribution in [3.05, 3.63) is 41.7 Å². The molecule has 0 aliphatic carbocycles. The number of hydrogen-bond acceptors (Lipinski definition) is 4. The van der Waals surface area contributed by atoms with Crippen molar-refractivity contribution < 1.29 is 4.79 Å². The number of carbonyl (C=O) groups is 1. The number of benzene rings is 1. The van der Waals surface area contributed by atoms with Crippen molar-refractivity contribution in [2.75, 3.05) is 0 Å². The molecule has 2 rings (SSSR count). The molecule has 1 aromatic heterocycles. The lowest BCUT2D eigenvalue weighted by molar-refractivity contribution is 0.0933. The molecular weight excluding hydrogens is 218 g/mol. The van der Waals surface area contributed by atoms with Gasteiger partial charge in [0.05, 0.1) is 6.04 Å². The van der Waals surface area contributed by atoms with E-state index in [0.29, 0.717) is 17.8 Å². The third kappa shape index (κ3) is 2.66. The topological polar surface area (TPSA) is 83.6 Å². The molecule has 0 saturated heterocycles. The average molecular weight is 231 g/mol. The zero-order valence-corrected chi connectivity index (χ0v) is 9.42. The van der Waals surface area contributed by atoms with Crippen molar-refractivity contribution in [3.8, 4) is 0 Å². The van der Waals surface area contributed by atoms with E-state index in [1.54, 1.807) is 12.1 Å². The van der Waals surface area contributed by atoms with Crippen LogP contribution in [0.25, 0.3) is 0 Å². The Morgan fingerprint density at radius 2 is 2.18 bits per heavy atom.